The van der Waals surface area contributed by atoms with Gasteiger partial charge in [0.1, 0.15) is 15.6 Å². The van der Waals surface area contributed by atoms with Gasteiger partial charge < -0.3 is 19.8 Å². The van der Waals surface area contributed by atoms with E-state index in [1.165, 1.54) is 11.3 Å². The predicted octanol–water partition coefficient (Wildman–Crippen LogP) is 3.72. The first-order chi connectivity index (χ1) is 13.4. The van der Waals surface area contributed by atoms with Crippen LogP contribution < -0.4 is 10.6 Å². The summed E-state index contributed by atoms with van der Waals surface area (Å²) in [6.07, 6.45) is 2.45. The van der Waals surface area contributed by atoms with Crippen LogP contribution >= 0.6 is 11.3 Å². The minimum Gasteiger partial charge on any atom is -0.469 e. The van der Waals surface area contributed by atoms with Crippen molar-refractivity contribution in [2.75, 3.05) is 19.7 Å². The number of carbonyl (C=O) groups is 1. The number of nitrogens with one attached hydrogen (secondary N) is 2. The fourth-order valence-corrected chi connectivity index (χ4v) is 3.40. The molecule has 0 saturated heterocycles. The molecule has 0 bridgehead atoms. The molecular weight excluding hydrogens is 376 g/mol. The highest BCUT2D eigenvalue weighted by Gasteiger charge is 2.20. The summed E-state index contributed by atoms with van der Waals surface area (Å²) in [4.78, 5) is 21.8. The van der Waals surface area contributed by atoms with Gasteiger partial charge in [-0.25, -0.2) is 9.78 Å². The lowest BCUT2D eigenvalue weighted by atomic mass is 10.2. The number of esters is 1. The molecule has 0 radical (unpaired) electrons. The fourth-order valence-electron chi connectivity index (χ4n) is 2.44. The molecule has 0 fully saturated rings. The molecule has 2 N–H and O–H groups in total. The Bertz CT molecular complexity index is 769. The number of furan rings is 1. The predicted molar refractivity (Wildman–Crippen MR) is 112 cm³/mol. The van der Waals surface area contributed by atoms with E-state index in [4.69, 9.17) is 9.15 Å². The standard InChI is InChI=1S/C20H30N4O3S/c1-6-26-19(25)17-14(4)23-18(28-17)15(5)24-20(22-12-13(2)3)21-10-9-16-8-7-11-27-16/h7-8,11,13,15H,6,9-10,12H2,1-5H3,(H2,21,22,24). The first-order valence-corrected chi connectivity index (χ1v) is 10.4. The maximum atomic E-state index is 12.0. The number of hydrogen-bond acceptors (Lipinski definition) is 6. The zero-order chi connectivity index (χ0) is 20.5. The second-order valence-corrected chi connectivity index (χ2v) is 7.92. The molecule has 0 aliphatic heterocycles. The molecule has 2 aromatic rings. The highest BCUT2D eigenvalue weighted by atomic mass is 32.1. The number of rotatable bonds is 9. The molecule has 154 valence electrons. The second-order valence-electron chi connectivity index (χ2n) is 6.89. The van der Waals surface area contributed by atoms with Crippen LogP contribution in [-0.4, -0.2) is 36.6 Å². The third kappa shape index (κ3) is 6.67. The topological polar surface area (TPSA) is 88.8 Å². The van der Waals surface area contributed by atoms with Gasteiger partial charge in [-0.2, -0.15) is 0 Å². The van der Waals surface area contributed by atoms with Gasteiger partial charge in [0, 0.05) is 19.5 Å². The maximum Gasteiger partial charge on any atom is 0.350 e. The summed E-state index contributed by atoms with van der Waals surface area (Å²) in [5.74, 6) is 1.79. The van der Waals surface area contributed by atoms with Crippen molar-refractivity contribution in [3.05, 3.63) is 39.7 Å². The van der Waals surface area contributed by atoms with Crippen LogP contribution in [0.3, 0.4) is 0 Å². The number of ether oxygens (including phenoxy) is 1. The molecule has 0 saturated carbocycles. The quantitative estimate of drug-likeness (QED) is 0.375. The number of aromatic nitrogens is 1. The van der Waals surface area contributed by atoms with Gasteiger partial charge in [0.15, 0.2) is 5.96 Å². The number of aliphatic imine (C=N–C) groups is 1. The van der Waals surface area contributed by atoms with Crippen molar-refractivity contribution in [1.29, 1.82) is 0 Å². The molecule has 0 aromatic carbocycles. The Kier molecular flexibility index (Phi) is 8.50. The van der Waals surface area contributed by atoms with E-state index in [1.54, 1.807) is 13.2 Å². The molecule has 28 heavy (non-hydrogen) atoms. The van der Waals surface area contributed by atoms with Crippen LogP contribution in [0.2, 0.25) is 0 Å². The number of guanidine groups is 1. The summed E-state index contributed by atoms with van der Waals surface area (Å²) >= 11 is 1.36. The highest BCUT2D eigenvalue weighted by molar-refractivity contribution is 7.13. The smallest absolute Gasteiger partial charge is 0.350 e. The molecule has 2 aromatic heterocycles. The van der Waals surface area contributed by atoms with Crippen molar-refractivity contribution in [2.24, 2.45) is 10.9 Å². The summed E-state index contributed by atoms with van der Waals surface area (Å²) in [6, 6.07) is 3.75. The third-order valence-corrected chi connectivity index (χ3v) is 5.18. The van der Waals surface area contributed by atoms with E-state index in [0.29, 0.717) is 36.2 Å². The Morgan fingerprint density at radius 3 is 2.82 bits per heavy atom. The van der Waals surface area contributed by atoms with E-state index in [0.717, 1.165) is 23.1 Å². The van der Waals surface area contributed by atoms with Crippen LogP contribution in [0.5, 0.6) is 0 Å². The average molecular weight is 407 g/mol. The van der Waals surface area contributed by atoms with E-state index in [-0.39, 0.29) is 12.0 Å². The van der Waals surface area contributed by atoms with Crippen LogP contribution in [0.15, 0.2) is 27.8 Å². The Morgan fingerprint density at radius 2 is 2.18 bits per heavy atom. The number of nitrogens with zero attached hydrogens (tertiary/aromatic N) is 2. The summed E-state index contributed by atoms with van der Waals surface area (Å²) in [7, 11) is 0. The van der Waals surface area contributed by atoms with Gasteiger partial charge in [0.2, 0.25) is 0 Å². The largest absolute Gasteiger partial charge is 0.469 e. The van der Waals surface area contributed by atoms with Crippen LogP contribution in [0.25, 0.3) is 0 Å². The zero-order valence-corrected chi connectivity index (χ0v) is 18.1. The molecule has 8 heteroatoms. The monoisotopic (exact) mass is 406 g/mol. The lowest BCUT2D eigenvalue weighted by Gasteiger charge is -2.17. The van der Waals surface area contributed by atoms with Crippen molar-refractivity contribution in [1.82, 2.24) is 15.6 Å². The van der Waals surface area contributed by atoms with E-state index in [9.17, 15) is 4.79 Å². The minimum atomic E-state index is -0.318. The molecule has 2 rings (SSSR count). The highest BCUT2D eigenvalue weighted by Crippen LogP contribution is 2.24. The third-order valence-electron chi connectivity index (χ3n) is 3.86. The first-order valence-electron chi connectivity index (χ1n) is 9.62. The summed E-state index contributed by atoms with van der Waals surface area (Å²) in [5, 5.41) is 7.55. The number of aryl methyl sites for hydroxylation is 1. The number of hydrogen-bond donors (Lipinski definition) is 2. The Balaban J connectivity index is 2.02. The van der Waals surface area contributed by atoms with Gasteiger partial charge in [-0.15, -0.1) is 11.3 Å². The van der Waals surface area contributed by atoms with Gasteiger partial charge in [0.05, 0.1) is 24.6 Å². The fraction of sp³-hybridized carbons (Fsp3) is 0.550. The Labute approximate surface area is 170 Å². The average Bonchev–Trinajstić information content (AvgIpc) is 3.29. The van der Waals surface area contributed by atoms with Crippen molar-refractivity contribution < 1.29 is 13.9 Å². The Hall–Kier alpha value is -2.35. The minimum absolute atomic E-state index is 0.0890. The maximum absolute atomic E-state index is 12.0. The molecule has 1 unspecified atom stereocenters. The lowest BCUT2D eigenvalue weighted by Crippen LogP contribution is -2.40. The summed E-state index contributed by atoms with van der Waals surface area (Å²) in [6.45, 7) is 11.7. The molecule has 1 atom stereocenters. The molecule has 0 aliphatic carbocycles. The second kappa shape index (κ2) is 10.8. The van der Waals surface area contributed by atoms with Crippen molar-refractivity contribution in [2.45, 2.75) is 47.1 Å². The lowest BCUT2D eigenvalue weighted by molar-refractivity contribution is 0.0531. The molecule has 7 nitrogen and oxygen atoms in total. The van der Waals surface area contributed by atoms with E-state index in [2.05, 4.69) is 34.5 Å². The Morgan fingerprint density at radius 1 is 1.39 bits per heavy atom. The van der Waals surface area contributed by atoms with Crippen molar-refractivity contribution >= 4 is 23.3 Å². The summed E-state index contributed by atoms with van der Waals surface area (Å²) in [5.41, 5.74) is 0.693. The van der Waals surface area contributed by atoms with Crippen LogP contribution in [-0.2, 0) is 11.2 Å². The molecule has 0 spiro atoms. The van der Waals surface area contributed by atoms with Crippen LogP contribution in [0.1, 0.15) is 59.9 Å². The molecule has 0 aliphatic rings. The number of carbonyl (C=O) groups excluding carboxylic acids is 1. The van der Waals surface area contributed by atoms with Crippen LogP contribution in [0, 0.1) is 12.8 Å². The first kappa shape index (κ1) is 21.9. The molecular formula is C20H30N4O3S. The van der Waals surface area contributed by atoms with E-state index < -0.39 is 0 Å². The van der Waals surface area contributed by atoms with Crippen molar-refractivity contribution in [3.63, 3.8) is 0 Å². The number of thiazole rings is 1. The zero-order valence-electron chi connectivity index (χ0n) is 17.2. The van der Waals surface area contributed by atoms with Gasteiger partial charge in [-0.3, -0.25) is 4.99 Å². The summed E-state index contributed by atoms with van der Waals surface area (Å²) < 4.78 is 10.5. The van der Waals surface area contributed by atoms with Gasteiger partial charge in [0.25, 0.3) is 0 Å². The van der Waals surface area contributed by atoms with Gasteiger partial charge in [-0.05, 0) is 38.8 Å². The van der Waals surface area contributed by atoms with Gasteiger partial charge in [-0.1, -0.05) is 13.8 Å². The van der Waals surface area contributed by atoms with Crippen molar-refractivity contribution in [3.8, 4) is 0 Å². The van der Waals surface area contributed by atoms with Crippen LogP contribution in [0.4, 0.5) is 0 Å². The van der Waals surface area contributed by atoms with E-state index >= 15 is 0 Å². The molecule has 0 amide bonds. The normalized spacial score (nSPS) is 12.9. The molecule has 2 heterocycles. The van der Waals surface area contributed by atoms with E-state index in [1.807, 2.05) is 26.0 Å². The SMILES string of the molecule is CCOC(=O)c1sc(C(C)NC(=NCC(C)C)NCCc2ccco2)nc1C. The van der Waals surface area contributed by atoms with Gasteiger partial charge >= 0.3 is 5.97 Å².